The molecule has 3 rings (SSSR count). The van der Waals surface area contributed by atoms with E-state index in [0.29, 0.717) is 19.6 Å². The molecule has 1 aliphatic rings. The normalized spacial score (nSPS) is 19.7. The van der Waals surface area contributed by atoms with Gasteiger partial charge in [0.25, 0.3) is 0 Å². The number of amides is 1. The van der Waals surface area contributed by atoms with Gasteiger partial charge in [0.2, 0.25) is 5.91 Å². The number of rotatable bonds is 6. The first-order valence-corrected chi connectivity index (χ1v) is 8.86. The van der Waals surface area contributed by atoms with E-state index in [1.807, 2.05) is 67.6 Å². The summed E-state index contributed by atoms with van der Waals surface area (Å²) in [6.07, 6.45) is 0.0860. The average molecular weight is 353 g/mol. The van der Waals surface area contributed by atoms with Gasteiger partial charge in [0.15, 0.2) is 0 Å². The molecule has 0 radical (unpaired) electrons. The molecule has 136 valence electrons. The highest BCUT2D eigenvalue weighted by atomic mass is 16.5. The van der Waals surface area contributed by atoms with Crippen LogP contribution in [0.3, 0.4) is 0 Å². The number of carboxylic acid groups (broad SMARTS) is 1. The lowest BCUT2D eigenvalue weighted by Gasteiger charge is -2.27. The Hall–Kier alpha value is -2.66. The van der Waals surface area contributed by atoms with E-state index in [1.54, 1.807) is 0 Å². The van der Waals surface area contributed by atoms with Crippen molar-refractivity contribution >= 4 is 11.9 Å². The maximum absolute atomic E-state index is 13.4. The molecule has 1 amide bonds. The Balaban J connectivity index is 1.96. The summed E-state index contributed by atoms with van der Waals surface area (Å²) >= 11 is 0. The number of carbonyl (C=O) groups is 2. The zero-order chi connectivity index (χ0) is 18.5. The van der Waals surface area contributed by atoms with Gasteiger partial charge in [-0.3, -0.25) is 4.79 Å². The molecule has 1 heterocycles. The SMILES string of the molecule is CCO[C@@H]1C[C@@H](C(=O)O)N(C(=O)C(c2ccccc2)c2ccccc2)C1. The van der Waals surface area contributed by atoms with Gasteiger partial charge in [-0.25, -0.2) is 4.79 Å². The zero-order valence-corrected chi connectivity index (χ0v) is 14.7. The van der Waals surface area contributed by atoms with E-state index < -0.39 is 17.9 Å². The molecule has 2 aromatic carbocycles. The summed E-state index contributed by atoms with van der Waals surface area (Å²) in [5.41, 5.74) is 1.71. The summed E-state index contributed by atoms with van der Waals surface area (Å²) in [5, 5.41) is 9.59. The van der Waals surface area contributed by atoms with Gasteiger partial charge in [0.05, 0.1) is 12.0 Å². The first-order valence-electron chi connectivity index (χ1n) is 8.86. The third kappa shape index (κ3) is 3.78. The second kappa shape index (κ2) is 8.15. The van der Waals surface area contributed by atoms with Gasteiger partial charge < -0.3 is 14.7 Å². The first-order chi connectivity index (χ1) is 12.6. The van der Waals surface area contributed by atoms with Crippen LogP contribution in [0.15, 0.2) is 60.7 Å². The number of aliphatic carboxylic acids is 1. The standard InChI is InChI=1S/C21H23NO4/c1-2-26-17-13-18(21(24)25)22(14-17)20(23)19(15-9-5-3-6-10-15)16-11-7-4-8-12-16/h3-12,17-19H,2,13-14H2,1H3,(H,24,25)/t17-,18+/m1/s1. The Kier molecular flexibility index (Phi) is 5.68. The van der Waals surface area contributed by atoms with E-state index >= 15 is 0 Å². The van der Waals surface area contributed by atoms with Crippen molar-refractivity contribution in [2.45, 2.75) is 31.4 Å². The van der Waals surface area contributed by atoms with Crippen molar-refractivity contribution in [1.82, 2.24) is 4.90 Å². The van der Waals surface area contributed by atoms with Crippen LogP contribution >= 0.6 is 0 Å². The molecule has 1 aliphatic heterocycles. The number of ether oxygens (including phenoxy) is 1. The second-order valence-corrected chi connectivity index (χ2v) is 6.41. The molecule has 2 atom stereocenters. The molecule has 1 fully saturated rings. The van der Waals surface area contributed by atoms with Crippen LogP contribution in [-0.4, -0.2) is 47.2 Å². The molecule has 1 N–H and O–H groups in total. The van der Waals surface area contributed by atoms with Crippen molar-refractivity contribution in [2.75, 3.05) is 13.2 Å². The Morgan fingerprint density at radius 3 is 2.08 bits per heavy atom. The number of nitrogens with zero attached hydrogens (tertiary/aromatic N) is 1. The fraction of sp³-hybridized carbons (Fsp3) is 0.333. The largest absolute Gasteiger partial charge is 0.480 e. The lowest BCUT2D eigenvalue weighted by molar-refractivity contribution is -0.148. The third-order valence-electron chi connectivity index (χ3n) is 4.75. The number of benzene rings is 2. The minimum absolute atomic E-state index is 0.197. The van der Waals surface area contributed by atoms with Crippen LogP contribution in [0.5, 0.6) is 0 Å². The molecule has 0 spiro atoms. The van der Waals surface area contributed by atoms with E-state index in [4.69, 9.17) is 4.74 Å². The van der Waals surface area contributed by atoms with Crippen LogP contribution in [0.2, 0.25) is 0 Å². The highest BCUT2D eigenvalue weighted by molar-refractivity contribution is 5.91. The molecule has 1 saturated heterocycles. The quantitative estimate of drug-likeness (QED) is 0.867. The van der Waals surface area contributed by atoms with E-state index in [-0.39, 0.29) is 12.0 Å². The average Bonchev–Trinajstić information content (AvgIpc) is 3.08. The van der Waals surface area contributed by atoms with Crippen molar-refractivity contribution in [3.05, 3.63) is 71.8 Å². The lowest BCUT2D eigenvalue weighted by atomic mass is 9.90. The summed E-state index contributed by atoms with van der Waals surface area (Å²) in [6.45, 7) is 2.68. The van der Waals surface area contributed by atoms with Crippen LogP contribution in [0.4, 0.5) is 0 Å². The minimum atomic E-state index is -0.986. The molecule has 5 heteroatoms. The fourth-order valence-corrected chi connectivity index (χ4v) is 3.57. The van der Waals surface area contributed by atoms with Crippen LogP contribution in [0.25, 0.3) is 0 Å². The molecular weight excluding hydrogens is 330 g/mol. The molecule has 0 bridgehead atoms. The summed E-state index contributed by atoms with van der Waals surface area (Å²) in [4.78, 5) is 26.6. The molecule has 2 aromatic rings. The van der Waals surface area contributed by atoms with Crippen LogP contribution < -0.4 is 0 Å². The second-order valence-electron chi connectivity index (χ2n) is 6.41. The molecule has 26 heavy (non-hydrogen) atoms. The summed E-state index contributed by atoms with van der Waals surface area (Å²) < 4.78 is 5.60. The maximum Gasteiger partial charge on any atom is 0.326 e. The van der Waals surface area contributed by atoms with Crippen LogP contribution in [-0.2, 0) is 14.3 Å². The highest BCUT2D eigenvalue weighted by Gasteiger charge is 2.42. The Labute approximate surface area is 153 Å². The monoisotopic (exact) mass is 353 g/mol. The number of carbonyl (C=O) groups excluding carboxylic acids is 1. The lowest BCUT2D eigenvalue weighted by Crippen LogP contribution is -2.43. The number of likely N-dealkylation sites (tertiary alicyclic amines) is 1. The van der Waals surface area contributed by atoms with Crippen molar-refractivity contribution in [1.29, 1.82) is 0 Å². The number of hydrogen-bond donors (Lipinski definition) is 1. The van der Waals surface area contributed by atoms with E-state index in [1.165, 1.54) is 4.90 Å². The predicted molar refractivity (Wildman–Crippen MR) is 97.9 cm³/mol. The predicted octanol–water partition coefficient (Wildman–Crippen LogP) is 2.91. The van der Waals surface area contributed by atoms with Gasteiger partial charge in [0.1, 0.15) is 6.04 Å². The van der Waals surface area contributed by atoms with Gasteiger partial charge in [-0.15, -0.1) is 0 Å². The van der Waals surface area contributed by atoms with E-state index in [0.717, 1.165) is 11.1 Å². The molecule has 0 aromatic heterocycles. The van der Waals surface area contributed by atoms with E-state index in [2.05, 4.69) is 0 Å². The smallest absolute Gasteiger partial charge is 0.326 e. The topological polar surface area (TPSA) is 66.8 Å². The van der Waals surface area contributed by atoms with E-state index in [9.17, 15) is 14.7 Å². The Bertz CT molecular complexity index is 708. The van der Waals surface area contributed by atoms with Crippen molar-refractivity contribution in [3.63, 3.8) is 0 Å². The molecule has 0 unspecified atom stereocenters. The Morgan fingerprint density at radius 1 is 1.08 bits per heavy atom. The zero-order valence-electron chi connectivity index (χ0n) is 14.7. The summed E-state index contributed by atoms with van der Waals surface area (Å²) in [7, 11) is 0. The fourth-order valence-electron chi connectivity index (χ4n) is 3.57. The van der Waals surface area contributed by atoms with Gasteiger partial charge in [-0.05, 0) is 18.1 Å². The summed E-state index contributed by atoms with van der Waals surface area (Å²) in [6, 6.07) is 18.1. The van der Waals surface area contributed by atoms with Gasteiger partial charge in [-0.1, -0.05) is 60.7 Å². The molecule has 0 aliphatic carbocycles. The number of hydrogen-bond acceptors (Lipinski definition) is 3. The number of carboxylic acids is 1. The van der Waals surface area contributed by atoms with Gasteiger partial charge in [0, 0.05) is 19.6 Å². The highest BCUT2D eigenvalue weighted by Crippen LogP contribution is 2.31. The third-order valence-corrected chi connectivity index (χ3v) is 4.75. The maximum atomic E-state index is 13.4. The van der Waals surface area contributed by atoms with Gasteiger partial charge in [-0.2, -0.15) is 0 Å². The van der Waals surface area contributed by atoms with Crippen LogP contribution in [0.1, 0.15) is 30.4 Å². The van der Waals surface area contributed by atoms with Crippen molar-refractivity contribution < 1.29 is 19.4 Å². The first kappa shape index (κ1) is 18.1. The molecule has 5 nitrogen and oxygen atoms in total. The van der Waals surface area contributed by atoms with Crippen molar-refractivity contribution in [2.24, 2.45) is 0 Å². The van der Waals surface area contributed by atoms with Crippen LogP contribution in [0, 0.1) is 0 Å². The molecule has 0 saturated carbocycles. The molecular formula is C21H23NO4. The summed E-state index contributed by atoms with van der Waals surface area (Å²) in [5.74, 6) is -1.71. The van der Waals surface area contributed by atoms with Crippen molar-refractivity contribution in [3.8, 4) is 0 Å². The Morgan fingerprint density at radius 2 is 1.62 bits per heavy atom. The minimum Gasteiger partial charge on any atom is -0.480 e. The van der Waals surface area contributed by atoms with Gasteiger partial charge >= 0.3 is 5.97 Å².